The number of aromatic nitrogens is 1. The van der Waals surface area contributed by atoms with Gasteiger partial charge in [0.15, 0.2) is 5.96 Å². The Hall–Kier alpha value is -0.700. The van der Waals surface area contributed by atoms with Crippen LogP contribution in [0.25, 0.3) is 0 Å². The second-order valence-corrected chi connectivity index (χ2v) is 7.30. The summed E-state index contributed by atoms with van der Waals surface area (Å²) in [5, 5.41) is 6.72. The highest BCUT2D eigenvalue weighted by molar-refractivity contribution is 14.0. The topological polar surface area (TPSA) is 58.5 Å². The maximum atomic E-state index is 6.10. The molecule has 2 rings (SSSR count). The minimum Gasteiger partial charge on any atom is -0.474 e. The summed E-state index contributed by atoms with van der Waals surface area (Å²) in [6, 6.07) is 4.01. The van der Waals surface area contributed by atoms with Crippen molar-refractivity contribution < 1.29 is 4.74 Å². The van der Waals surface area contributed by atoms with Crippen LogP contribution in [0.2, 0.25) is 0 Å². The lowest BCUT2D eigenvalue weighted by atomic mass is 10.2. The highest BCUT2D eigenvalue weighted by Gasteiger charge is 2.18. The van der Waals surface area contributed by atoms with E-state index in [0.29, 0.717) is 12.6 Å². The highest BCUT2D eigenvalue weighted by Crippen LogP contribution is 2.25. The van der Waals surface area contributed by atoms with Crippen LogP contribution in [0, 0.1) is 0 Å². The number of halogens is 1. The zero-order valence-corrected chi connectivity index (χ0v) is 19.1. The first-order valence-corrected chi connectivity index (χ1v) is 10.8. The van der Waals surface area contributed by atoms with E-state index >= 15 is 0 Å². The lowest BCUT2D eigenvalue weighted by Crippen LogP contribution is -2.37. The normalized spacial score (nSPS) is 14.8. The van der Waals surface area contributed by atoms with Crippen LogP contribution in [0.1, 0.15) is 51.0 Å². The number of nitrogens with one attached hydrogen (secondary N) is 2. The quantitative estimate of drug-likeness (QED) is 0.222. The molecule has 2 N–H and O–H groups in total. The molecule has 148 valence electrons. The van der Waals surface area contributed by atoms with Gasteiger partial charge in [-0.1, -0.05) is 6.07 Å². The predicted molar refractivity (Wildman–Crippen MR) is 123 cm³/mol. The summed E-state index contributed by atoms with van der Waals surface area (Å²) in [5.74, 6) is 2.82. The van der Waals surface area contributed by atoms with E-state index in [1.54, 1.807) is 6.20 Å². The second kappa shape index (κ2) is 14.4. The Kier molecular flexibility index (Phi) is 12.9. The minimum atomic E-state index is 0. The van der Waals surface area contributed by atoms with E-state index in [9.17, 15) is 0 Å². The molecule has 0 aliphatic heterocycles. The van der Waals surface area contributed by atoms with Crippen LogP contribution in [-0.2, 0) is 6.54 Å². The second-order valence-electron chi connectivity index (χ2n) is 6.31. The maximum absolute atomic E-state index is 6.10. The Morgan fingerprint density at radius 3 is 2.85 bits per heavy atom. The number of nitrogens with zero attached hydrogens (tertiary/aromatic N) is 2. The van der Waals surface area contributed by atoms with Gasteiger partial charge in [-0.15, -0.1) is 24.0 Å². The van der Waals surface area contributed by atoms with Crippen molar-refractivity contribution in [2.45, 2.75) is 58.1 Å². The molecule has 5 nitrogen and oxygen atoms in total. The van der Waals surface area contributed by atoms with Crippen molar-refractivity contribution in [3.63, 3.8) is 0 Å². The maximum Gasteiger partial charge on any atom is 0.218 e. The summed E-state index contributed by atoms with van der Waals surface area (Å²) >= 11 is 1.90. The molecule has 0 unspecified atom stereocenters. The molecule has 1 aliphatic carbocycles. The fourth-order valence-corrected chi connectivity index (χ4v) is 3.39. The minimum absolute atomic E-state index is 0. The fourth-order valence-electron chi connectivity index (χ4n) is 2.90. The average Bonchev–Trinajstić information content (AvgIpc) is 3.13. The Morgan fingerprint density at radius 2 is 2.12 bits per heavy atom. The van der Waals surface area contributed by atoms with E-state index in [1.807, 2.05) is 17.8 Å². The van der Waals surface area contributed by atoms with Crippen LogP contribution in [0.5, 0.6) is 5.88 Å². The number of unbranched alkanes of at least 4 members (excludes halogenated alkanes) is 1. The van der Waals surface area contributed by atoms with Gasteiger partial charge in [-0.05, 0) is 63.5 Å². The largest absolute Gasteiger partial charge is 0.474 e. The van der Waals surface area contributed by atoms with Gasteiger partial charge >= 0.3 is 0 Å². The van der Waals surface area contributed by atoms with E-state index in [1.165, 1.54) is 25.0 Å². The summed E-state index contributed by atoms with van der Waals surface area (Å²) < 4.78 is 6.10. The molecule has 0 spiro atoms. The Balaban J connectivity index is 0.00000338. The summed E-state index contributed by atoms with van der Waals surface area (Å²) in [5.41, 5.74) is 1.05. The molecule has 1 aromatic rings. The average molecular weight is 492 g/mol. The zero-order chi connectivity index (χ0) is 17.7. The van der Waals surface area contributed by atoms with Crippen molar-refractivity contribution in [2.75, 3.05) is 25.1 Å². The molecule has 7 heteroatoms. The number of thioether (sulfide) groups is 1. The van der Waals surface area contributed by atoms with Crippen molar-refractivity contribution in [1.82, 2.24) is 15.6 Å². The molecule has 1 saturated carbocycles. The molecule has 26 heavy (non-hydrogen) atoms. The van der Waals surface area contributed by atoms with Gasteiger partial charge in [0.2, 0.25) is 5.88 Å². The number of pyridine rings is 1. The lowest BCUT2D eigenvalue weighted by molar-refractivity contribution is 0.199. The summed E-state index contributed by atoms with van der Waals surface area (Å²) in [7, 11) is 0. The van der Waals surface area contributed by atoms with Crippen LogP contribution in [0.15, 0.2) is 23.3 Å². The predicted octanol–water partition coefficient (Wildman–Crippen LogP) is 4.22. The summed E-state index contributed by atoms with van der Waals surface area (Å²) in [6.45, 7) is 4.47. The van der Waals surface area contributed by atoms with Crippen molar-refractivity contribution in [2.24, 2.45) is 4.99 Å². The number of guanidine groups is 1. The van der Waals surface area contributed by atoms with Crippen LogP contribution >= 0.6 is 35.7 Å². The third-order valence-corrected chi connectivity index (χ3v) is 4.95. The Labute approximate surface area is 179 Å². The number of aliphatic imine (C=N–C) groups is 1. The smallest absolute Gasteiger partial charge is 0.218 e. The van der Waals surface area contributed by atoms with E-state index < -0.39 is 0 Å². The first-order chi connectivity index (χ1) is 12.3. The van der Waals surface area contributed by atoms with Gasteiger partial charge in [-0.25, -0.2) is 9.98 Å². The van der Waals surface area contributed by atoms with Gasteiger partial charge in [-0.3, -0.25) is 0 Å². The number of ether oxygens (including phenoxy) is 1. The SMILES string of the molecule is CCNC(=NCc1cccnc1OC1CCCC1)NCCCCSC.I. The molecule has 0 bridgehead atoms. The highest BCUT2D eigenvalue weighted by atomic mass is 127. The molecular weight excluding hydrogens is 459 g/mol. The first-order valence-electron chi connectivity index (χ1n) is 9.45. The van der Waals surface area contributed by atoms with E-state index in [-0.39, 0.29) is 24.0 Å². The summed E-state index contributed by atoms with van der Waals surface area (Å²) in [4.78, 5) is 9.13. The molecule has 1 aliphatic rings. The van der Waals surface area contributed by atoms with Gasteiger partial charge < -0.3 is 15.4 Å². The standard InChI is InChI=1S/C19H32N4OS.HI/c1-3-20-19(22-12-6-7-14-25-2)23-15-16-9-8-13-21-18(16)24-17-10-4-5-11-17;/h8-9,13,17H,3-7,10-12,14-15H2,1-2H3,(H2,20,22,23);1H. The van der Waals surface area contributed by atoms with Crippen molar-refractivity contribution in [3.05, 3.63) is 23.9 Å². The van der Waals surface area contributed by atoms with E-state index in [2.05, 4.69) is 34.9 Å². The van der Waals surface area contributed by atoms with Crippen LogP contribution < -0.4 is 15.4 Å². The monoisotopic (exact) mass is 492 g/mol. The van der Waals surface area contributed by atoms with Crippen LogP contribution in [-0.4, -0.2) is 42.1 Å². The molecule has 1 aromatic heterocycles. The van der Waals surface area contributed by atoms with Crippen LogP contribution in [0.4, 0.5) is 0 Å². The molecule has 1 heterocycles. The van der Waals surface area contributed by atoms with Crippen molar-refractivity contribution in [3.8, 4) is 5.88 Å². The van der Waals surface area contributed by atoms with Crippen LogP contribution in [0.3, 0.4) is 0 Å². The first kappa shape index (κ1) is 23.3. The van der Waals surface area contributed by atoms with Gasteiger partial charge in [-0.2, -0.15) is 11.8 Å². The van der Waals surface area contributed by atoms with E-state index in [0.717, 1.165) is 49.8 Å². The molecule has 1 fully saturated rings. The van der Waals surface area contributed by atoms with Gasteiger partial charge in [0.1, 0.15) is 6.10 Å². The zero-order valence-electron chi connectivity index (χ0n) is 16.0. The molecule has 0 radical (unpaired) electrons. The Morgan fingerprint density at radius 1 is 1.31 bits per heavy atom. The van der Waals surface area contributed by atoms with Crippen molar-refractivity contribution >= 4 is 41.7 Å². The van der Waals surface area contributed by atoms with E-state index in [4.69, 9.17) is 9.73 Å². The molecule has 0 aromatic carbocycles. The van der Waals surface area contributed by atoms with Gasteiger partial charge in [0.05, 0.1) is 6.54 Å². The molecule has 0 atom stereocenters. The number of hydrogen-bond acceptors (Lipinski definition) is 4. The van der Waals surface area contributed by atoms with Gasteiger partial charge in [0, 0.05) is 24.8 Å². The number of hydrogen-bond donors (Lipinski definition) is 2. The van der Waals surface area contributed by atoms with Crippen molar-refractivity contribution in [1.29, 1.82) is 0 Å². The van der Waals surface area contributed by atoms with Gasteiger partial charge in [0.25, 0.3) is 0 Å². The molecule has 0 amide bonds. The fraction of sp³-hybridized carbons (Fsp3) is 0.684. The third kappa shape index (κ3) is 8.79. The lowest BCUT2D eigenvalue weighted by Gasteiger charge is -2.15. The third-order valence-electron chi connectivity index (χ3n) is 4.25. The Bertz CT molecular complexity index is 524. The molecular formula is C19H33IN4OS. The number of rotatable bonds is 10. The molecule has 0 saturated heterocycles. The summed E-state index contributed by atoms with van der Waals surface area (Å²) in [6.07, 6.45) is 11.5.